The number of alkyl halides is 5. The number of halogens is 9. The molecule has 4 aromatic rings. The van der Waals surface area contributed by atoms with Crippen LogP contribution >= 0.6 is 0 Å². The standard InChI is InChI=1S/C25H13F9O2/c1-12-2-4-13(5-3-12)14-9-18(26)21(19(27)10-14)24(30,31)35-16-6-7-17-15(8-16)11-20(28)23(22(17)29)36-25(32,33)34/h2-11H,1H3. The Morgan fingerprint density at radius 1 is 0.639 bits per heavy atom. The van der Waals surface area contributed by atoms with Gasteiger partial charge in [-0.2, -0.15) is 8.78 Å². The molecule has 36 heavy (non-hydrogen) atoms. The summed E-state index contributed by atoms with van der Waals surface area (Å²) in [5, 5.41) is -1.07. The van der Waals surface area contributed by atoms with Crippen LogP contribution in [-0.4, -0.2) is 6.36 Å². The summed E-state index contributed by atoms with van der Waals surface area (Å²) >= 11 is 0. The molecular formula is C25H13F9O2. The van der Waals surface area contributed by atoms with E-state index >= 15 is 0 Å². The van der Waals surface area contributed by atoms with Crippen LogP contribution in [0.15, 0.2) is 60.7 Å². The molecule has 0 aliphatic heterocycles. The molecule has 0 radical (unpaired) electrons. The molecule has 0 saturated heterocycles. The molecule has 0 unspecified atom stereocenters. The molecule has 0 aliphatic carbocycles. The summed E-state index contributed by atoms with van der Waals surface area (Å²) in [6.45, 7) is 1.79. The average Bonchev–Trinajstić information content (AvgIpc) is 2.75. The van der Waals surface area contributed by atoms with Crippen molar-refractivity contribution in [2.45, 2.75) is 19.4 Å². The number of rotatable bonds is 5. The fraction of sp³-hybridized carbons (Fsp3) is 0.120. The van der Waals surface area contributed by atoms with Crippen molar-refractivity contribution < 1.29 is 49.0 Å². The van der Waals surface area contributed by atoms with Gasteiger partial charge in [-0.1, -0.05) is 29.8 Å². The van der Waals surface area contributed by atoms with Crippen LogP contribution in [0.4, 0.5) is 39.5 Å². The Labute approximate surface area is 197 Å². The third-order valence-corrected chi connectivity index (χ3v) is 5.14. The van der Waals surface area contributed by atoms with Crippen LogP contribution in [0.25, 0.3) is 21.9 Å². The predicted molar refractivity (Wildman–Crippen MR) is 112 cm³/mol. The van der Waals surface area contributed by atoms with Crippen LogP contribution in [-0.2, 0) is 6.11 Å². The predicted octanol–water partition coefficient (Wildman–Crippen LogP) is 8.40. The maximum atomic E-state index is 14.8. The van der Waals surface area contributed by atoms with Gasteiger partial charge in [-0.05, 0) is 59.8 Å². The number of aryl methyl sites for hydroxylation is 1. The van der Waals surface area contributed by atoms with Gasteiger partial charge in [-0.25, -0.2) is 17.6 Å². The molecule has 0 amide bonds. The molecule has 0 N–H and O–H groups in total. The summed E-state index contributed by atoms with van der Waals surface area (Å²) in [7, 11) is 0. The van der Waals surface area contributed by atoms with Gasteiger partial charge < -0.3 is 9.47 Å². The maximum absolute atomic E-state index is 14.8. The summed E-state index contributed by atoms with van der Waals surface area (Å²) in [5.74, 6) is -9.21. The highest BCUT2D eigenvalue weighted by Crippen LogP contribution is 2.39. The van der Waals surface area contributed by atoms with E-state index in [0.717, 1.165) is 11.6 Å². The summed E-state index contributed by atoms with van der Waals surface area (Å²) < 4.78 is 132. The average molecular weight is 516 g/mol. The second-order valence-electron chi connectivity index (χ2n) is 7.73. The maximum Gasteiger partial charge on any atom is 0.573 e. The molecule has 0 heterocycles. The Morgan fingerprint density at radius 2 is 1.25 bits per heavy atom. The molecule has 188 valence electrons. The first-order chi connectivity index (χ1) is 16.7. The molecule has 4 rings (SSSR count). The largest absolute Gasteiger partial charge is 0.573 e. The zero-order valence-corrected chi connectivity index (χ0v) is 18.0. The molecule has 2 nitrogen and oxygen atoms in total. The van der Waals surface area contributed by atoms with Gasteiger partial charge in [0.25, 0.3) is 0 Å². The van der Waals surface area contributed by atoms with Crippen molar-refractivity contribution in [3.63, 3.8) is 0 Å². The molecule has 11 heteroatoms. The quantitative estimate of drug-likeness (QED) is 0.248. The van der Waals surface area contributed by atoms with Crippen molar-refractivity contribution in [1.29, 1.82) is 0 Å². The van der Waals surface area contributed by atoms with Gasteiger partial charge in [0.1, 0.15) is 22.9 Å². The smallest absolute Gasteiger partial charge is 0.429 e. The molecule has 0 atom stereocenters. The van der Waals surface area contributed by atoms with E-state index in [9.17, 15) is 39.5 Å². The lowest BCUT2D eigenvalue weighted by molar-refractivity contribution is -0.276. The lowest BCUT2D eigenvalue weighted by atomic mass is 10.0. The third-order valence-electron chi connectivity index (χ3n) is 5.14. The lowest BCUT2D eigenvalue weighted by Crippen LogP contribution is -2.25. The minimum absolute atomic E-state index is 0.00177. The topological polar surface area (TPSA) is 18.5 Å². The fourth-order valence-electron chi connectivity index (χ4n) is 3.53. The number of ether oxygens (including phenoxy) is 2. The second-order valence-corrected chi connectivity index (χ2v) is 7.73. The van der Waals surface area contributed by atoms with Gasteiger partial charge in [0.05, 0.1) is 0 Å². The zero-order chi connectivity index (χ0) is 26.4. The minimum Gasteiger partial charge on any atom is -0.429 e. The summed E-state index contributed by atoms with van der Waals surface area (Å²) in [6, 6.07) is 10.4. The number of fused-ring (bicyclic) bond motifs is 1. The monoisotopic (exact) mass is 516 g/mol. The molecule has 0 saturated carbocycles. The number of hydrogen-bond donors (Lipinski definition) is 0. The van der Waals surface area contributed by atoms with E-state index in [0.29, 0.717) is 35.9 Å². The summed E-state index contributed by atoms with van der Waals surface area (Å²) in [5.41, 5.74) is -0.458. The van der Waals surface area contributed by atoms with Crippen molar-refractivity contribution in [2.24, 2.45) is 0 Å². The lowest BCUT2D eigenvalue weighted by Gasteiger charge is -2.20. The number of benzene rings is 4. The van der Waals surface area contributed by atoms with Gasteiger partial charge in [-0.3, -0.25) is 0 Å². The fourth-order valence-corrected chi connectivity index (χ4v) is 3.53. The first kappa shape index (κ1) is 25.2. The molecule has 0 aromatic heterocycles. The molecule has 0 aliphatic rings. The molecule has 4 aromatic carbocycles. The van der Waals surface area contributed by atoms with Gasteiger partial charge in [0.15, 0.2) is 11.6 Å². The van der Waals surface area contributed by atoms with E-state index in [1.54, 1.807) is 31.2 Å². The second kappa shape index (κ2) is 8.96. The van der Waals surface area contributed by atoms with E-state index in [1.807, 2.05) is 0 Å². The highest BCUT2D eigenvalue weighted by Gasteiger charge is 2.41. The van der Waals surface area contributed by atoms with Gasteiger partial charge in [-0.15, -0.1) is 13.2 Å². The summed E-state index contributed by atoms with van der Waals surface area (Å²) in [4.78, 5) is 0. The van der Waals surface area contributed by atoms with Crippen molar-refractivity contribution in [1.82, 2.24) is 0 Å². The molecule has 0 fully saturated rings. The Bertz CT molecular complexity index is 1420. The number of hydrogen-bond acceptors (Lipinski definition) is 2. The Morgan fingerprint density at radius 3 is 1.83 bits per heavy atom. The Balaban J connectivity index is 1.67. The highest BCUT2D eigenvalue weighted by atomic mass is 19.4. The van der Waals surface area contributed by atoms with E-state index in [2.05, 4.69) is 9.47 Å². The minimum atomic E-state index is -5.39. The van der Waals surface area contributed by atoms with Crippen molar-refractivity contribution in [3.05, 3.63) is 95.1 Å². The zero-order valence-electron chi connectivity index (χ0n) is 18.0. The Kier molecular flexibility index (Phi) is 6.27. The van der Waals surface area contributed by atoms with Crippen LogP contribution in [0.2, 0.25) is 0 Å². The van der Waals surface area contributed by atoms with Gasteiger partial charge in [0, 0.05) is 5.39 Å². The molecular weight excluding hydrogens is 503 g/mol. The first-order valence-electron chi connectivity index (χ1n) is 10.1. The first-order valence-corrected chi connectivity index (χ1v) is 10.1. The van der Waals surface area contributed by atoms with E-state index in [-0.39, 0.29) is 5.56 Å². The van der Waals surface area contributed by atoms with E-state index in [4.69, 9.17) is 0 Å². The SMILES string of the molecule is Cc1ccc(-c2cc(F)c(C(F)(F)Oc3ccc4c(F)c(OC(F)(F)F)c(F)cc4c3)c(F)c2)cc1. The van der Waals surface area contributed by atoms with Crippen molar-refractivity contribution in [3.8, 4) is 22.6 Å². The van der Waals surface area contributed by atoms with Gasteiger partial charge in [0.2, 0.25) is 5.75 Å². The normalized spacial score (nSPS) is 12.2. The third kappa shape index (κ3) is 5.05. The van der Waals surface area contributed by atoms with Crippen LogP contribution in [0, 0.1) is 30.2 Å². The summed E-state index contributed by atoms with van der Waals surface area (Å²) in [6.07, 6.45) is -9.95. The van der Waals surface area contributed by atoms with E-state index < -0.39 is 63.6 Å². The van der Waals surface area contributed by atoms with Crippen LogP contribution in [0.5, 0.6) is 11.5 Å². The van der Waals surface area contributed by atoms with E-state index in [1.165, 1.54) is 0 Å². The van der Waals surface area contributed by atoms with Crippen LogP contribution in [0.3, 0.4) is 0 Å². The van der Waals surface area contributed by atoms with Crippen molar-refractivity contribution >= 4 is 10.8 Å². The van der Waals surface area contributed by atoms with Crippen LogP contribution < -0.4 is 9.47 Å². The highest BCUT2D eigenvalue weighted by molar-refractivity contribution is 5.86. The van der Waals surface area contributed by atoms with Gasteiger partial charge >= 0.3 is 12.5 Å². The van der Waals surface area contributed by atoms with Crippen LogP contribution in [0.1, 0.15) is 11.1 Å². The molecule has 0 bridgehead atoms. The Hall–Kier alpha value is -3.89. The van der Waals surface area contributed by atoms with Crippen molar-refractivity contribution in [2.75, 3.05) is 0 Å². The molecule has 0 spiro atoms.